The normalized spacial score (nSPS) is 21.2. The zero-order valence-electron chi connectivity index (χ0n) is 22.7. The standard InChI is InChI=1S/C25H42N2O6Si2/c1-25(2,3)35(8,9)33-17-12-20-24(30)27(16-32-10-11-34(5,6)7)19-14-21(28)22(31-4)13-18(19)23(29)26(20)15-17/h13-14,17,20,28H,10-12,15-16H2,1-9H3/t17-,20+/m1/s1. The first-order valence-corrected chi connectivity index (χ1v) is 19.0. The third-order valence-electron chi connectivity index (χ3n) is 7.38. The molecule has 0 saturated carbocycles. The first kappa shape index (κ1) is 27.7. The number of phenolic OH excluding ortho intramolecular Hbond substituents is 1. The number of fused-ring (bicyclic) bond motifs is 2. The van der Waals surface area contributed by atoms with Crippen LogP contribution < -0.4 is 9.64 Å². The Morgan fingerprint density at radius 2 is 1.77 bits per heavy atom. The van der Waals surface area contributed by atoms with Crippen LogP contribution in [0, 0.1) is 0 Å². The van der Waals surface area contributed by atoms with Crippen LogP contribution in [0.3, 0.4) is 0 Å². The second kappa shape index (κ2) is 9.87. The second-order valence-corrected chi connectivity index (χ2v) is 22.7. The predicted octanol–water partition coefficient (Wildman–Crippen LogP) is 4.66. The first-order chi connectivity index (χ1) is 16.1. The Bertz CT molecular complexity index is 970. The lowest BCUT2D eigenvalue weighted by Crippen LogP contribution is -2.45. The van der Waals surface area contributed by atoms with E-state index in [1.54, 1.807) is 4.90 Å². The van der Waals surface area contributed by atoms with E-state index in [0.717, 1.165) is 6.04 Å². The average Bonchev–Trinajstić information content (AvgIpc) is 3.11. The van der Waals surface area contributed by atoms with Crippen LogP contribution in [-0.4, -0.2) is 77.4 Å². The number of anilines is 1. The van der Waals surface area contributed by atoms with Crippen molar-refractivity contribution in [3.05, 3.63) is 17.7 Å². The van der Waals surface area contributed by atoms with Crippen LogP contribution in [0.25, 0.3) is 0 Å². The van der Waals surface area contributed by atoms with Crippen LogP contribution in [0.1, 0.15) is 37.6 Å². The summed E-state index contributed by atoms with van der Waals surface area (Å²) in [6.07, 6.45) is 0.239. The van der Waals surface area contributed by atoms with Gasteiger partial charge in [-0.15, -0.1) is 0 Å². The van der Waals surface area contributed by atoms with Crippen molar-refractivity contribution in [1.82, 2.24) is 4.90 Å². The highest BCUT2D eigenvalue weighted by atomic mass is 28.4. The minimum atomic E-state index is -2.08. The van der Waals surface area contributed by atoms with Crippen molar-refractivity contribution in [1.29, 1.82) is 0 Å². The van der Waals surface area contributed by atoms with Crippen molar-refractivity contribution in [2.75, 3.05) is 31.9 Å². The molecule has 1 N–H and O–H groups in total. The summed E-state index contributed by atoms with van der Waals surface area (Å²) in [5.41, 5.74) is 0.667. The lowest BCUT2D eigenvalue weighted by atomic mass is 10.1. The number of carbonyl (C=O) groups is 2. The number of benzene rings is 1. The van der Waals surface area contributed by atoms with E-state index in [-0.39, 0.29) is 41.2 Å². The minimum Gasteiger partial charge on any atom is -0.504 e. The average molecular weight is 523 g/mol. The molecule has 2 heterocycles. The van der Waals surface area contributed by atoms with Gasteiger partial charge >= 0.3 is 0 Å². The zero-order valence-corrected chi connectivity index (χ0v) is 24.7. The van der Waals surface area contributed by atoms with Crippen LogP contribution in [0.15, 0.2) is 12.1 Å². The van der Waals surface area contributed by atoms with Gasteiger partial charge in [-0.2, -0.15) is 0 Å². The van der Waals surface area contributed by atoms with Crippen molar-refractivity contribution in [3.63, 3.8) is 0 Å². The maximum Gasteiger partial charge on any atom is 0.256 e. The molecule has 10 heteroatoms. The van der Waals surface area contributed by atoms with Gasteiger partial charge in [0.15, 0.2) is 19.8 Å². The van der Waals surface area contributed by atoms with Gasteiger partial charge in [-0.1, -0.05) is 40.4 Å². The topological polar surface area (TPSA) is 88.5 Å². The number of phenols is 1. The molecular formula is C25H42N2O6Si2. The summed E-state index contributed by atoms with van der Waals surface area (Å²) in [6.45, 7) is 18.6. The highest BCUT2D eigenvalue weighted by Gasteiger charge is 2.49. The number of ether oxygens (including phenoxy) is 2. The largest absolute Gasteiger partial charge is 0.504 e. The Kier molecular flexibility index (Phi) is 7.81. The van der Waals surface area contributed by atoms with Gasteiger partial charge in [-0.25, -0.2) is 0 Å². The molecule has 1 saturated heterocycles. The summed E-state index contributed by atoms with van der Waals surface area (Å²) in [7, 11) is -1.95. The van der Waals surface area contributed by atoms with Gasteiger partial charge in [-0.05, 0) is 30.2 Å². The number of methoxy groups -OCH3 is 1. The summed E-state index contributed by atoms with van der Waals surface area (Å²) in [5.74, 6) is -0.408. The molecular weight excluding hydrogens is 480 g/mol. The molecule has 2 aliphatic heterocycles. The highest BCUT2D eigenvalue weighted by molar-refractivity contribution is 6.76. The molecule has 0 spiro atoms. The van der Waals surface area contributed by atoms with Crippen LogP contribution in [0.5, 0.6) is 11.5 Å². The predicted molar refractivity (Wildman–Crippen MR) is 143 cm³/mol. The first-order valence-electron chi connectivity index (χ1n) is 12.3. The summed E-state index contributed by atoms with van der Waals surface area (Å²) in [5, 5.41) is 10.5. The van der Waals surface area contributed by atoms with E-state index in [2.05, 4.69) is 53.5 Å². The van der Waals surface area contributed by atoms with E-state index < -0.39 is 22.4 Å². The number of rotatable bonds is 8. The summed E-state index contributed by atoms with van der Waals surface area (Å²) >= 11 is 0. The molecule has 0 radical (unpaired) electrons. The molecule has 1 aromatic rings. The molecule has 0 unspecified atom stereocenters. The van der Waals surface area contributed by atoms with E-state index in [0.29, 0.717) is 30.8 Å². The number of carbonyl (C=O) groups excluding carboxylic acids is 2. The molecule has 1 aromatic carbocycles. The number of amides is 2. The Balaban J connectivity index is 1.93. The molecule has 1 fully saturated rings. The fourth-order valence-electron chi connectivity index (χ4n) is 4.17. The quantitative estimate of drug-likeness (QED) is 0.394. The zero-order chi connectivity index (χ0) is 26.3. The molecule has 2 amide bonds. The SMILES string of the molecule is COc1cc2c(cc1O)N(COCC[Si](C)(C)C)C(=O)[C@@H]1C[C@@H](O[Si](C)(C)C(C)(C)C)CN1C2=O. The summed E-state index contributed by atoms with van der Waals surface area (Å²) in [6, 6.07) is 3.27. The third kappa shape index (κ3) is 5.92. The van der Waals surface area contributed by atoms with Gasteiger partial charge < -0.3 is 23.9 Å². The maximum absolute atomic E-state index is 13.8. The van der Waals surface area contributed by atoms with E-state index in [1.807, 2.05) is 0 Å². The Hall–Kier alpha value is -1.89. The molecule has 196 valence electrons. The van der Waals surface area contributed by atoms with Crippen LogP contribution in [-0.2, 0) is 14.0 Å². The monoisotopic (exact) mass is 522 g/mol. The maximum atomic E-state index is 13.8. The number of nitrogens with zero attached hydrogens (tertiary/aromatic N) is 2. The van der Waals surface area contributed by atoms with Crippen LogP contribution >= 0.6 is 0 Å². The van der Waals surface area contributed by atoms with Crippen molar-refractivity contribution in [3.8, 4) is 11.5 Å². The van der Waals surface area contributed by atoms with E-state index >= 15 is 0 Å². The number of hydrogen-bond donors (Lipinski definition) is 1. The molecule has 2 atom stereocenters. The van der Waals surface area contributed by atoms with Crippen molar-refractivity contribution in [2.45, 2.75) is 83.2 Å². The highest BCUT2D eigenvalue weighted by Crippen LogP contribution is 2.42. The van der Waals surface area contributed by atoms with Crippen molar-refractivity contribution >= 4 is 33.9 Å². The lowest BCUT2D eigenvalue weighted by molar-refractivity contribution is -0.123. The second-order valence-electron chi connectivity index (χ2n) is 12.4. The molecule has 2 aliphatic rings. The Morgan fingerprint density at radius 3 is 2.34 bits per heavy atom. The third-order valence-corrected chi connectivity index (χ3v) is 13.6. The van der Waals surface area contributed by atoms with Gasteiger partial charge in [0.2, 0.25) is 0 Å². The van der Waals surface area contributed by atoms with E-state index in [4.69, 9.17) is 13.9 Å². The molecule has 3 rings (SSSR count). The van der Waals surface area contributed by atoms with E-state index in [9.17, 15) is 14.7 Å². The number of aromatic hydroxyl groups is 1. The van der Waals surface area contributed by atoms with Crippen molar-refractivity contribution < 1.29 is 28.6 Å². The Morgan fingerprint density at radius 1 is 1.11 bits per heavy atom. The van der Waals surface area contributed by atoms with Crippen molar-refractivity contribution in [2.24, 2.45) is 0 Å². The molecule has 0 bridgehead atoms. The molecule has 0 aromatic heterocycles. The van der Waals surface area contributed by atoms with Gasteiger partial charge in [-0.3, -0.25) is 14.5 Å². The Labute approximate surface area is 211 Å². The smallest absolute Gasteiger partial charge is 0.256 e. The fourth-order valence-corrected chi connectivity index (χ4v) is 6.29. The lowest BCUT2D eigenvalue weighted by Gasteiger charge is -2.38. The molecule has 8 nitrogen and oxygen atoms in total. The number of hydrogen-bond acceptors (Lipinski definition) is 6. The summed E-state index contributed by atoms with van der Waals surface area (Å²) in [4.78, 5) is 30.6. The van der Waals surface area contributed by atoms with Crippen LogP contribution in [0.4, 0.5) is 5.69 Å². The van der Waals surface area contributed by atoms with Gasteiger partial charge in [0.25, 0.3) is 11.8 Å². The minimum absolute atomic E-state index is 0.0213. The van der Waals surface area contributed by atoms with E-state index in [1.165, 1.54) is 24.1 Å². The summed E-state index contributed by atoms with van der Waals surface area (Å²) < 4.78 is 17.8. The molecule has 0 aliphatic carbocycles. The van der Waals surface area contributed by atoms with Gasteiger partial charge in [0.1, 0.15) is 12.8 Å². The van der Waals surface area contributed by atoms with Gasteiger partial charge in [0, 0.05) is 33.7 Å². The molecule has 35 heavy (non-hydrogen) atoms. The fraction of sp³-hybridized carbons (Fsp3) is 0.680. The van der Waals surface area contributed by atoms with Crippen LogP contribution in [0.2, 0.25) is 43.8 Å². The van der Waals surface area contributed by atoms with Gasteiger partial charge in [0.05, 0.1) is 24.5 Å².